The van der Waals surface area contributed by atoms with Crippen molar-refractivity contribution in [1.82, 2.24) is 9.88 Å². The first kappa shape index (κ1) is 18.8. The molecule has 1 unspecified atom stereocenters. The molecule has 3 rings (SSSR count). The van der Waals surface area contributed by atoms with Crippen molar-refractivity contribution in [2.75, 3.05) is 26.8 Å². The van der Waals surface area contributed by atoms with Gasteiger partial charge in [-0.3, -0.25) is 14.6 Å². The zero-order valence-electron chi connectivity index (χ0n) is 15.1. The van der Waals surface area contributed by atoms with Crippen molar-refractivity contribution in [2.24, 2.45) is 5.41 Å². The van der Waals surface area contributed by atoms with Gasteiger partial charge in [0.25, 0.3) is 5.91 Å². The van der Waals surface area contributed by atoms with Gasteiger partial charge in [-0.15, -0.1) is 0 Å². The molecule has 1 N–H and O–H groups in total. The molecule has 1 fully saturated rings. The van der Waals surface area contributed by atoms with Crippen molar-refractivity contribution in [1.29, 1.82) is 0 Å². The van der Waals surface area contributed by atoms with Crippen LogP contribution in [0.15, 0.2) is 48.8 Å². The van der Waals surface area contributed by atoms with Gasteiger partial charge in [0.15, 0.2) is 0 Å². The van der Waals surface area contributed by atoms with Gasteiger partial charge in [-0.05, 0) is 48.4 Å². The van der Waals surface area contributed by atoms with Crippen LogP contribution in [0.25, 0.3) is 0 Å². The van der Waals surface area contributed by atoms with Gasteiger partial charge in [-0.1, -0.05) is 0 Å². The van der Waals surface area contributed by atoms with Crippen molar-refractivity contribution in [3.05, 3.63) is 59.9 Å². The normalized spacial score (nSPS) is 19.1. The average Bonchev–Trinajstić information content (AvgIpc) is 3.13. The van der Waals surface area contributed by atoms with Crippen LogP contribution in [0, 0.1) is 5.41 Å². The molecule has 7 heteroatoms. The maximum Gasteiger partial charge on any atom is 0.313 e. The summed E-state index contributed by atoms with van der Waals surface area (Å²) in [7, 11) is 1.47. The van der Waals surface area contributed by atoms with E-state index in [1.807, 2.05) is 12.1 Å². The topological polar surface area (TPSA) is 89.0 Å². The first-order valence-electron chi connectivity index (χ1n) is 8.67. The zero-order valence-corrected chi connectivity index (χ0v) is 15.1. The van der Waals surface area contributed by atoms with E-state index < -0.39 is 11.4 Å². The summed E-state index contributed by atoms with van der Waals surface area (Å²) in [6.07, 6.45) is 3.80. The van der Waals surface area contributed by atoms with E-state index >= 15 is 0 Å². The highest BCUT2D eigenvalue weighted by molar-refractivity contribution is 5.95. The molecule has 1 aromatic heterocycles. The predicted molar refractivity (Wildman–Crippen MR) is 97.5 cm³/mol. The summed E-state index contributed by atoms with van der Waals surface area (Å²) in [6, 6.07) is 10.6. The van der Waals surface area contributed by atoms with Gasteiger partial charge in [0.1, 0.15) is 17.8 Å². The minimum atomic E-state index is -1.03. The molecule has 1 atom stereocenters. The smallest absolute Gasteiger partial charge is 0.313 e. The van der Waals surface area contributed by atoms with E-state index in [0.717, 1.165) is 5.56 Å². The van der Waals surface area contributed by atoms with Crippen molar-refractivity contribution < 1.29 is 24.2 Å². The van der Waals surface area contributed by atoms with Crippen LogP contribution in [0.3, 0.4) is 0 Å². The second kappa shape index (κ2) is 8.18. The number of carbonyl (C=O) groups is 2. The monoisotopic (exact) mass is 370 g/mol. The number of aliphatic carboxylic acids is 1. The molecule has 0 aliphatic carbocycles. The Morgan fingerprint density at radius 2 is 1.89 bits per heavy atom. The minimum Gasteiger partial charge on any atom is -0.489 e. The lowest BCUT2D eigenvalue weighted by Gasteiger charge is -2.23. The molecular formula is C20H22N2O5. The largest absolute Gasteiger partial charge is 0.489 e. The number of carboxylic acids is 1. The first-order valence-corrected chi connectivity index (χ1v) is 8.67. The Bertz CT molecular complexity index is 794. The molecule has 0 saturated carbocycles. The van der Waals surface area contributed by atoms with Crippen LogP contribution in [0.2, 0.25) is 0 Å². The maximum absolute atomic E-state index is 12.7. The number of hydrogen-bond donors (Lipinski definition) is 1. The van der Waals surface area contributed by atoms with Crippen LogP contribution in [0.5, 0.6) is 5.75 Å². The third-order valence-electron chi connectivity index (χ3n) is 4.77. The van der Waals surface area contributed by atoms with E-state index in [2.05, 4.69) is 4.98 Å². The number of carboxylic acid groups (broad SMARTS) is 1. The lowest BCUT2D eigenvalue weighted by atomic mass is 9.88. The minimum absolute atomic E-state index is 0.0912. The molecule has 142 valence electrons. The van der Waals surface area contributed by atoms with Gasteiger partial charge >= 0.3 is 5.97 Å². The van der Waals surface area contributed by atoms with Crippen LogP contribution >= 0.6 is 0 Å². The Kier molecular flexibility index (Phi) is 5.71. The predicted octanol–water partition coefficient (Wildman–Crippen LogP) is 2.22. The molecule has 1 aliphatic heterocycles. The highest BCUT2D eigenvalue weighted by Gasteiger charge is 2.46. The molecular weight excluding hydrogens is 348 g/mol. The lowest BCUT2D eigenvalue weighted by molar-refractivity contribution is -0.151. The van der Waals surface area contributed by atoms with Crippen LogP contribution in [0.4, 0.5) is 0 Å². The second-order valence-electron chi connectivity index (χ2n) is 6.66. The molecule has 0 spiro atoms. The molecule has 1 amide bonds. The van der Waals surface area contributed by atoms with Gasteiger partial charge in [0.05, 0.1) is 6.61 Å². The van der Waals surface area contributed by atoms with E-state index in [1.54, 1.807) is 41.6 Å². The highest BCUT2D eigenvalue weighted by atomic mass is 16.5. The van der Waals surface area contributed by atoms with Crippen LogP contribution in [0.1, 0.15) is 22.3 Å². The van der Waals surface area contributed by atoms with Gasteiger partial charge in [-0.2, -0.15) is 0 Å². The molecule has 7 nitrogen and oxygen atoms in total. The number of methoxy groups -OCH3 is 1. The average molecular weight is 370 g/mol. The summed E-state index contributed by atoms with van der Waals surface area (Å²) in [5.41, 5.74) is 0.480. The summed E-state index contributed by atoms with van der Waals surface area (Å²) in [6.45, 7) is 1.05. The third kappa shape index (κ3) is 4.25. The lowest BCUT2D eigenvalue weighted by Crippen LogP contribution is -2.40. The van der Waals surface area contributed by atoms with Crippen LogP contribution < -0.4 is 4.74 Å². The number of nitrogens with zero attached hydrogens (tertiary/aromatic N) is 2. The number of rotatable bonds is 7. The fraction of sp³-hybridized carbons (Fsp3) is 0.350. The summed E-state index contributed by atoms with van der Waals surface area (Å²) in [5.74, 6) is -0.460. The zero-order chi connectivity index (χ0) is 19.3. The number of pyridine rings is 1. The summed E-state index contributed by atoms with van der Waals surface area (Å²) in [4.78, 5) is 29.8. The Morgan fingerprint density at radius 1 is 1.19 bits per heavy atom. The number of carbonyl (C=O) groups excluding carboxylic acids is 1. The molecule has 0 bridgehead atoms. The molecule has 1 aromatic carbocycles. The number of hydrogen-bond acceptors (Lipinski definition) is 5. The van der Waals surface area contributed by atoms with E-state index in [4.69, 9.17) is 9.47 Å². The van der Waals surface area contributed by atoms with E-state index in [1.165, 1.54) is 7.11 Å². The fourth-order valence-corrected chi connectivity index (χ4v) is 3.20. The molecule has 1 saturated heterocycles. The molecule has 1 aliphatic rings. The van der Waals surface area contributed by atoms with Gasteiger partial charge < -0.3 is 19.5 Å². The highest BCUT2D eigenvalue weighted by Crippen LogP contribution is 2.32. The SMILES string of the molecule is COCC1(C(=O)O)CCN(C(=O)c2ccc(OCc3ccncc3)cc2)C1. The molecule has 2 heterocycles. The fourth-order valence-electron chi connectivity index (χ4n) is 3.20. The van der Waals surface area contributed by atoms with Crippen LogP contribution in [-0.2, 0) is 16.1 Å². The van der Waals surface area contributed by atoms with Gasteiger partial charge in [-0.25, -0.2) is 0 Å². The van der Waals surface area contributed by atoms with Crippen molar-refractivity contribution in [3.63, 3.8) is 0 Å². The number of benzene rings is 1. The standard InChI is InChI=1S/C20H22N2O5/c1-26-14-20(19(24)25)8-11-22(13-20)18(23)16-2-4-17(5-3-16)27-12-15-6-9-21-10-7-15/h2-7,9-10H,8,11-14H2,1H3,(H,24,25). The Hall–Kier alpha value is -2.93. The second-order valence-corrected chi connectivity index (χ2v) is 6.66. The third-order valence-corrected chi connectivity index (χ3v) is 4.77. The maximum atomic E-state index is 12.7. The van der Waals surface area contributed by atoms with Crippen molar-refractivity contribution in [2.45, 2.75) is 13.0 Å². The number of ether oxygens (including phenoxy) is 2. The summed E-state index contributed by atoms with van der Waals surface area (Å²) >= 11 is 0. The number of likely N-dealkylation sites (tertiary alicyclic amines) is 1. The van der Waals surface area contributed by atoms with Gasteiger partial charge in [0.2, 0.25) is 0 Å². The van der Waals surface area contributed by atoms with E-state index in [9.17, 15) is 14.7 Å². The van der Waals surface area contributed by atoms with Gasteiger partial charge in [0, 0.05) is 38.2 Å². The molecule has 0 radical (unpaired) electrons. The van der Waals surface area contributed by atoms with Crippen molar-refractivity contribution >= 4 is 11.9 Å². The Morgan fingerprint density at radius 3 is 2.52 bits per heavy atom. The first-order chi connectivity index (χ1) is 13.0. The Balaban J connectivity index is 1.61. The molecule has 27 heavy (non-hydrogen) atoms. The summed E-state index contributed by atoms with van der Waals surface area (Å²) < 4.78 is 10.8. The van der Waals surface area contributed by atoms with E-state index in [-0.39, 0.29) is 19.1 Å². The summed E-state index contributed by atoms with van der Waals surface area (Å²) in [5, 5.41) is 9.52. The number of amides is 1. The van der Waals surface area contributed by atoms with E-state index in [0.29, 0.717) is 30.9 Å². The van der Waals surface area contributed by atoms with Crippen molar-refractivity contribution in [3.8, 4) is 5.75 Å². The number of aromatic nitrogens is 1. The molecule has 2 aromatic rings. The quantitative estimate of drug-likeness (QED) is 0.804. The Labute approximate surface area is 157 Å². The van der Waals surface area contributed by atoms with Crippen LogP contribution in [-0.4, -0.2) is 53.7 Å².